The Labute approximate surface area is 232 Å². The maximum absolute atomic E-state index is 6.23. The van der Waals surface area contributed by atoms with Crippen LogP contribution in [0.2, 0.25) is 0 Å². The summed E-state index contributed by atoms with van der Waals surface area (Å²) < 4.78 is 0. The van der Waals surface area contributed by atoms with Gasteiger partial charge in [0.05, 0.1) is 0 Å². The van der Waals surface area contributed by atoms with E-state index >= 15 is 0 Å². The van der Waals surface area contributed by atoms with Gasteiger partial charge in [-0.2, -0.15) is 9.97 Å². The highest BCUT2D eigenvalue weighted by atomic mass is 15.2. The van der Waals surface area contributed by atoms with Crippen molar-refractivity contribution in [2.45, 2.75) is 111 Å². The first-order chi connectivity index (χ1) is 18.2. The second kappa shape index (κ2) is 14.7. The van der Waals surface area contributed by atoms with Crippen LogP contribution in [0.25, 0.3) is 0 Å². The van der Waals surface area contributed by atoms with Crippen molar-refractivity contribution >= 4 is 17.6 Å². The number of nitrogens with one attached hydrogen (secondary N) is 2. The monoisotopic (exact) mass is 523 g/mol. The molecule has 2 heterocycles. The molecule has 212 valence electrons. The summed E-state index contributed by atoms with van der Waals surface area (Å²) in [4.78, 5) is 14.4. The highest BCUT2D eigenvalue weighted by molar-refractivity contribution is 5.61. The summed E-state index contributed by atoms with van der Waals surface area (Å²) in [5, 5.41) is 7.40. The molecule has 0 aliphatic carbocycles. The number of hydrogen-bond acceptors (Lipinski definition) is 7. The van der Waals surface area contributed by atoms with Crippen LogP contribution in [-0.2, 0) is 19.5 Å². The molecule has 0 fully saturated rings. The van der Waals surface area contributed by atoms with E-state index in [2.05, 4.69) is 91.3 Å². The largest absolute Gasteiger partial charge is 0.370 e. The minimum Gasteiger partial charge on any atom is -0.370 e. The lowest BCUT2D eigenvalue weighted by Gasteiger charge is -2.32. The van der Waals surface area contributed by atoms with Gasteiger partial charge in [0, 0.05) is 36.8 Å². The molecule has 7 heteroatoms. The van der Waals surface area contributed by atoms with Crippen LogP contribution in [0, 0.1) is 0 Å². The van der Waals surface area contributed by atoms with Crippen molar-refractivity contribution in [3.8, 4) is 0 Å². The fourth-order valence-electron chi connectivity index (χ4n) is 5.17. The van der Waals surface area contributed by atoms with Gasteiger partial charge in [-0.3, -0.25) is 4.90 Å². The molecule has 1 atom stereocenters. The van der Waals surface area contributed by atoms with Gasteiger partial charge in [0.25, 0.3) is 0 Å². The van der Waals surface area contributed by atoms with Crippen LogP contribution in [0.1, 0.15) is 96.3 Å². The third-order valence-electron chi connectivity index (χ3n) is 7.82. The molecule has 1 aliphatic heterocycles. The molecule has 2 aromatic rings. The molecular formula is C31H53N7. The first-order valence-electron chi connectivity index (χ1n) is 14.9. The van der Waals surface area contributed by atoms with E-state index in [1.165, 1.54) is 16.7 Å². The number of hydrogen-bond donors (Lipinski definition) is 3. The van der Waals surface area contributed by atoms with Crippen LogP contribution < -0.4 is 16.4 Å². The number of aromatic nitrogens is 2. The number of fused-ring (bicyclic) bond motifs is 1. The lowest BCUT2D eigenvalue weighted by Crippen LogP contribution is -2.39. The van der Waals surface area contributed by atoms with Crippen molar-refractivity contribution < 1.29 is 0 Å². The van der Waals surface area contributed by atoms with E-state index in [1.54, 1.807) is 0 Å². The van der Waals surface area contributed by atoms with E-state index in [1.807, 2.05) is 0 Å². The Morgan fingerprint density at radius 3 is 2.29 bits per heavy atom. The van der Waals surface area contributed by atoms with E-state index in [4.69, 9.17) is 10.7 Å². The molecular weight excluding hydrogens is 470 g/mol. The van der Waals surface area contributed by atoms with Crippen LogP contribution in [0.15, 0.2) is 24.3 Å². The molecule has 0 saturated heterocycles. The van der Waals surface area contributed by atoms with Crippen molar-refractivity contribution in [2.75, 3.05) is 43.0 Å². The summed E-state index contributed by atoms with van der Waals surface area (Å²) in [5.74, 6) is 2.16. The predicted molar refractivity (Wildman–Crippen MR) is 163 cm³/mol. The number of rotatable bonds is 16. The van der Waals surface area contributed by atoms with Gasteiger partial charge in [-0.05, 0) is 90.6 Å². The summed E-state index contributed by atoms with van der Waals surface area (Å²) in [6, 6.07) is 9.18. The molecule has 0 radical (unpaired) electrons. The lowest BCUT2D eigenvalue weighted by molar-refractivity contribution is 0.171. The van der Waals surface area contributed by atoms with Crippen molar-refractivity contribution in [1.82, 2.24) is 19.8 Å². The molecule has 0 amide bonds. The Balaban J connectivity index is 1.69. The van der Waals surface area contributed by atoms with Crippen LogP contribution in [0.5, 0.6) is 0 Å². The molecule has 1 unspecified atom stereocenters. The Kier molecular flexibility index (Phi) is 11.7. The van der Waals surface area contributed by atoms with E-state index in [9.17, 15) is 0 Å². The Bertz CT molecular complexity index is 960. The summed E-state index contributed by atoms with van der Waals surface area (Å²) in [6.07, 6.45) is 8.76. The maximum atomic E-state index is 6.23. The van der Waals surface area contributed by atoms with E-state index in [-0.39, 0.29) is 5.54 Å². The highest BCUT2D eigenvalue weighted by Gasteiger charge is 2.21. The lowest BCUT2D eigenvalue weighted by atomic mass is 10.0. The van der Waals surface area contributed by atoms with Gasteiger partial charge in [0.2, 0.25) is 5.95 Å². The molecule has 4 N–H and O–H groups in total. The first kappa shape index (κ1) is 30.2. The number of nitrogens with two attached hydrogens (primary N) is 1. The summed E-state index contributed by atoms with van der Waals surface area (Å²) in [6.45, 7) is 16.4. The standard InChI is InChI=1S/C31H53N7/c1-7-9-19-33-28-27(18-13-21-38-22-24-15-10-11-16-25(24)23-38)29(36-30(32)35-28)34-26(14-8-2)17-12-20-37(6)31(3,4)5/h10-11,15-16,26H,7-9,12-14,17-23H2,1-6H3,(H4,32,33,34,35,36). The van der Waals surface area contributed by atoms with Gasteiger partial charge >= 0.3 is 0 Å². The SMILES string of the molecule is CCCCNc1nc(N)nc(NC(CCC)CCCN(C)C(C)(C)C)c1CCCN1Cc2ccccc2C1. The summed E-state index contributed by atoms with van der Waals surface area (Å²) >= 11 is 0. The Morgan fingerprint density at radius 1 is 0.974 bits per heavy atom. The van der Waals surface area contributed by atoms with Crippen molar-refractivity contribution in [3.05, 3.63) is 41.0 Å². The zero-order chi connectivity index (χ0) is 27.5. The fourth-order valence-corrected chi connectivity index (χ4v) is 5.17. The molecule has 0 spiro atoms. The minimum atomic E-state index is 0.192. The Morgan fingerprint density at radius 2 is 1.66 bits per heavy atom. The molecule has 1 aromatic heterocycles. The van der Waals surface area contributed by atoms with Gasteiger partial charge in [0.15, 0.2) is 0 Å². The average Bonchev–Trinajstić information content (AvgIpc) is 3.28. The molecule has 3 rings (SSSR count). The topological polar surface area (TPSA) is 82.3 Å². The zero-order valence-electron chi connectivity index (χ0n) is 24.9. The second-order valence-corrected chi connectivity index (χ2v) is 12.0. The molecule has 1 aliphatic rings. The second-order valence-electron chi connectivity index (χ2n) is 12.0. The van der Waals surface area contributed by atoms with E-state index in [0.29, 0.717) is 12.0 Å². The predicted octanol–water partition coefficient (Wildman–Crippen LogP) is 6.31. The maximum Gasteiger partial charge on any atom is 0.223 e. The van der Waals surface area contributed by atoms with Gasteiger partial charge in [-0.1, -0.05) is 51.0 Å². The summed E-state index contributed by atoms with van der Waals surface area (Å²) in [7, 11) is 2.22. The number of unbranched alkanes of at least 4 members (excludes halogenated alkanes) is 1. The highest BCUT2D eigenvalue weighted by Crippen LogP contribution is 2.28. The number of nitrogen functional groups attached to an aromatic ring is 1. The smallest absolute Gasteiger partial charge is 0.223 e. The molecule has 38 heavy (non-hydrogen) atoms. The third-order valence-corrected chi connectivity index (χ3v) is 7.82. The van der Waals surface area contributed by atoms with Crippen LogP contribution in [-0.4, -0.2) is 58.0 Å². The number of nitrogens with zero attached hydrogens (tertiary/aromatic N) is 4. The van der Waals surface area contributed by atoms with E-state index in [0.717, 1.165) is 95.7 Å². The van der Waals surface area contributed by atoms with Gasteiger partial charge in [0.1, 0.15) is 11.6 Å². The molecule has 7 nitrogen and oxygen atoms in total. The quantitative estimate of drug-likeness (QED) is 0.222. The van der Waals surface area contributed by atoms with Gasteiger partial charge in [-0.25, -0.2) is 0 Å². The van der Waals surface area contributed by atoms with E-state index < -0.39 is 0 Å². The number of anilines is 3. The Hall–Kier alpha value is -2.38. The molecule has 0 saturated carbocycles. The van der Waals surface area contributed by atoms with Gasteiger partial charge < -0.3 is 21.3 Å². The van der Waals surface area contributed by atoms with Gasteiger partial charge in [-0.15, -0.1) is 0 Å². The normalized spacial score (nSPS) is 14.6. The van der Waals surface area contributed by atoms with Crippen molar-refractivity contribution in [3.63, 3.8) is 0 Å². The fraction of sp³-hybridized carbons (Fsp3) is 0.677. The van der Waals surface area contributed by atoms with Crippen LogP contribution in [0.3, 0.4) is 0 Å². The molecule has 0 bridgehead atoms. The first-order valence-corrected chi connectivity index (χ1v) is 14.9. The molecule has 1 aromatic carbocycles. The van der Waals surface area contributed by atoms with Crippen molar-refractivity contribution in [2.24, 2.45) is 0 Å². The average molecular weight is 524 g/mol. The number of benzene rings is 1. The third kappa shape index (κ3) is 9.12. The van der Waals surface area contributed by atoms with Crippen LogP contribution >= 0.6 is 0 Å². The summed E-state index contributed by atoms with van der Waals surface area (Å²) in [5.41, 5.74) is 10.5. The minimum absolute atomic E-state index is 0.192. The van der Waals surface area contributed by atoms with Crippen LogP contribution in [0.4, 0.5) is 17.6 Å². The van der Waals surface area contributed by atoms with Crippen molar-refractivity contribution in [1.29, 1.82) is 0 Å². The zero-order valence-corrected chi connectivity index (χ0v) is 24.9.